The largest absolute Gasteiger partial charge is 0.502 e. The molecule has 2 aromatic heterocycles. The number of hydrogen-bond acceptors (Lipinski definition) is 8. The standard InChI is InChI=1S/C23H23N3O6/c1-14-13-18(27)22(30)23(32-14)20(21(29)15-3-5-17(31-2)6-4-15)25-12-9-19(28)26-16-7-10-24-11-8-16/h3-8,10-11,13,20,25,30H,9,12H2,1-2H3,(H,24,26,28). The van der Waals surface area contributed by atoms with Crippen LogP contribution < -0.4 is 20.8 Å². The SMILES string of the molecule is COc1ccc(C(=O)C(NCCC(=O)Nc2ccncc2)c2oc(C)cc(=O)c2O)cc1. The van der Waals surface area contributed by atoms with Gasteiger partial charge in [-0.1, -0.05) is 0 Å². The van der Waals surface area contributed by atoms with Crippen molar-refractivity contribution in [2.75, 3.05) is 19.0 Å². The van der Waals surface area contributed by atoms with E-state index in [1.807, 2.05) is 0 Å². The number of benzene rings is 1. The molecule has 166 valence electrons. The van der Waals surface area contributed by atoms with Gasteiger partial charge in [0.2, 0.25) is 17.1 Å². The van der Waals surface area contributed by atoms with Crippen molar-refractivity contribution in [1.29, 1.82) is 0 Å². The monoisotopic (exact) mass is 437 g/mol. The van der Waals surface area contributed by atoms with Crippen LogP contribution in [0.1, 0.15) is 34.3 Å². The van der Waals surface area contributed by atoms with Crippen LogP contribution in [0.25, 0.3) is 0 Å². The second kappa shape index (κ2) is 10.4. The third kappa shape index (κ3) is 5.58. The zero-order valence-electron chi connectivity index (χ0n) is 17.6. The molecule has 1 aromatic carbocycles. The van der Waals surface area contributed by atoms with Crippen molar-refractivity contribution >= 4 is 17.4 Å². The fourth-order valence-corrected chi connectivity index (χ4v) is 3.04. The number of ketones is 1. The lowest BCUT2D eigenvalue weighted by molar-refractivity contribution is -0.116. The van der Waals surface area contributed by atoms with E-state index in [0.29, 0.717) is 17.0 Å². The summed E-state index contributed by atoms with van der Waals surface area (Å²) in [6.45, 7) is 1.63. The van der Waals surface area contributed by atoms with Crippen molar-refractivity contribution in [2.45, 2.75) is 19.4 Å². The van der Waals surface area contributed by atoms with Gasteiger partial charge in [0.15, 0.2) is 11.5 Å². The van der Waals surface area contributed by atoms with Crippen molar-refractivity contribution in [3.63, 3.8) is 0 Å². The number of ether oxygens (including phenoxy) is 1. The lowest BCUT2D eigenvalue weighted by Gasteiger charge is -2.18. The molecular weight excluding hydrogens is 414 g/mol. The molecule has 32 heavy (non-hydrogen) atoms. The Hall–Kier alpha value is -3.98. The smallest absolute Gasteiger partial charge is 0.227 e. The number of aromatic nitrogens is 1. The summed E-state index contributed by atoms with van der Waals surface area (Å²) in [7, 11) is 1.51. The van der Waals surface area contributed by atoms with Gasteiger partial charge in [-0.05, 0) is 43.3 Å². The van der Waals surface area contributed by atoms with E-state index in [1.54, 1.807) is 55.7 Å². The first-order valence-electron chi connectivity index (χ1n) is 9.84. The number of methoxy groups -OCH3 is 1. The van der Waals surface area contributed by atoms with Crippen molar-refractivity contribution in [2.24, 2.45) is 0 Å². The molecule has 3 aromatic rings. The zero-order valence-corrected chi connectivity index (χ0v) is 17.6. The minimum Gasteiger partial charge on any atom is -0.502 e. The topological polar surface area (TPSA) is 131 Å². The van der Waals surface area contributed by atoms with E-state index in [-0.39, 0.29) is 30.4 Å². The second-order valence-corrected chi connectivity index (χ2v) is 6.95. The van der Waals surface area contributed by atoms with E-state index < -0.39 is 23.0 Å². The van der Waals surface area contributed by atoms with Crippen molar-refractivity contribution in [1.82, 2.24) is 10.3 Å². The highest BCUT2D eigenvalue weighted by Gasteiger charge is 2.28. The van der Waals surface area contributed by atoms with Gasteiger partial charge < -0.3 is 24.9 Å². The van der Waals surface area contributed by atoms with Crippen LogP contribution in [0.4, 0.5) is 5.69 Å². The van der Waals surface area contributed by atoms with E-state index >= 15 is 0 Å². The van der Waals surface area contributed by atoms with Gasteiger partial charge in [0, 0.05) is 42.7 Å². The van der Waals surface area contributed by atoms with Gasteiger partial charge in [-0.2, -0.15) is 0 Å². The molecule has 9 heteroatoms. The van der Waals surface area contributed by atoms with Crippen LogP contribution in [0.5, 0.6) is 11.5 Å². The van der Waals surface area contributed by atoms with Crippen LogP contribution >= 0.6 is 0 Å². The molecule has 0 bridgehead atoms. The number of nitrogens with one attached hydrogen (secondary N) is 2. The van der Waals surface area contributed by atoms with Crippen LogP contribution in [0, 0.1) is 6.92 Å². The molecule has 0 radical (unpaired) electrons. The summed E-state index contributed by atoms with van der Waals surface area (Å²) in [5, 5.41) is 15.9. The van der Waals surface area contributed by atoms with E-state index in [2.05, 4.69) is 15.6 Å². The summed E-state index contributed by atoms with van der Waals surface area (Å²) in [6, 6.07) is 9.65. The van der Waals surface area contributed by atoms with Gasteiger partial charge in [-0.25, -0.2) is 0 Å². The lowest BCUT2D eigenvalue weighted by Crippen LogP contribution is -2.32. The van der Waals surface area contributed by atoms with Crippen LogP contribution in [0.3, 0.4) is 0 Å². The van der Waals surface area contributed by atoms with Crippen molar-refractivity contribution in [3.8, 4) is 11.5 Å². The Morgan fingerprint density at radius 3 is 2.50 bits per heavy atom. The molecule has 0 aliphatic carbocycles. The van der Waals surface area contributed by atoms with Gasteiger partial charge in [-0.15, -0.1) is 0 Å². The number of Topliss-reactive ketones (excluding diaryl/α,β-unsaturated/α-hetero) is 1. The number of pyridine rings is 1. The maximum absolute atomic E-state index is 13.2. The average Bonchev–Trinajstić information content (AvgIpc) is 2.79. The third-order valence-electron chi connectivity index (χ3n) is 4.64. The zero-order chi connectivity index (χ0) is 23.1. The molecule has 3 N–H and O–H groups in total. The molecule has 1 unspecified atom stereocenters. The molecule has 0 fully saturated rings. The molecular formula is C23H23N3O6. The van der Waals surface area contributed by atoms with Gasteiger partial charge in [0.1, 0.15) is 17.6 Å². The number of anilines is 1. The third-order valence-corrected chi connectivity index (χ3v) is 4.64. The number of amides is 1. The molecule has 0 spiro atoms. The molecule has 0 aliphatic rings. The fourth-order valence-electron chi connectivity index (χ4n) is 3.04. The molecule has 0 saturated carbocycles. The Morgan fingerprint density at radius 1 is 1.16 bits per heavy atom. The molecule has 1 atom stereocenters. The number of aromatic hydroxyl groups is 1. The van der Waals surface area contributed by atoms with Crippen LogP contribution in [-0.4, -0.2) is 35.4 Å². The molecule has 9 nitrogen and oxygen atoms in total. The van der Waals surface area contributed by atoms with E-state index in [1.165, 1.54) is 7.11 Å². The highest BCUT2D eigenvalue weighted by atomic mass is 16.5. The predicted molar refractivity (Wildman–Crippen MR) is 117 cm³/mol. The number of hydrogen-bond donors (Lipinski definition) is 3. The minimum absolute atomic E-state index is 0.0333. The fraction of sp³-hybridized carbons (Fsp3) is 0.217. The minimum atomic E-state index is -1.18. The molecule has 0 saturated heterocycles. The Morgan fingerprint density at radius 2 is 1.84 bits per heavy atom. The highest BCUT2D eigenvalue weighted by molar-refractivity contribution is 6.00. The summed E-state index contributed by atoms with van der Waals surface area (Å²) in [4.78, 5) is 41.4. The Labute approximate surface area is 184 Å². The number of nitrogens with zero attached hydrogens (tertiary/aromatic N) is 1. The maximum atomic E-state index is 13.2. The Bertz CT molecular complexity index is 1140. The van der Waals surface area contributed by atoms with E-state index in [0.717, 1.165) is 6.07 Å². The quantitative estimate of drug-likeness (QED) is 0.436. The summed E-state index contributed by atoms with van der Waals surface area (Å²) in [6.07, 6.45) is 3.14. The molecule has 1 amide bonds. The first-order valence-corrected chi connectivity index (χ1v) is 9.84. The normalized spacial score (nSPS) is 11.6. The van der Waals surface area contributed by atoms with Crippen LogP contribution in [-0.2, 0) is 4.79 Å². The first-order chi connectivity index (χ1) is 15.4. The van der Waals surface area contributed by atoms with E-state index in [4.69, 9.17) is 9.15 Å². The average molecular weight is 437 g/mol. The Balaban J connectivity index is 1.80. The van der Waals surface area contributed by atoms with Gasteiger partial charge in [0.05, 0.1) is 7.11 Å². The van der Waals surface area contributed by atoms with E-state index in [9.17, 15) is 19.5 Å². The second-order valence-electron chi connectivity index (χ2n) is 6.95. The van der Waals surface area contributed by atoms with Crippen molar-refractivity contribution < 1.29 is 23.8 Å². The number of rotatable bonds is 9. The molecule has 0 aliphatic heterocycles. The maximum Gasteiger partial charge on any atom is 0.227 e. The highest BCUT2D eigenvalue weighted by Crippen LogP contribution is 2.26. The molecule has 3 rings (SSSR count). The van der Waals surface area contributed by atoms with Gasteiger partial charge in [0.25, 0.3) is 0 Å². The number of carbonyl (C=O) groups is 2. The summed E-state index contributed by atoms with van der Waals surface area (Å²) in [5.41, 5.74) is 0.250. The van der Waals surface area contributed by atoms with Gasteiger partial charge in [-0.3, -0.25) is 19.4 Å². The van der Waals surface area contributed by atoms with Crippen molar-refractivity contribution in [3.05, 3.63) is 82.2 Å². The van der Waals surface area contributed by atoms with Gasteiger partial charge >= 0.3 is 0 Å². The lowest BCUT2D eigenvalue weighted by atomic mass is 10.0. The first kappa shape index (κ1) is 22.7. The Kier molecular flexibility index (Phi) is 7.35. The summed E-state index contributed by atoms with van der Waals surface area (Å²) >= 11 is 0. The van der Waals surface area contributed by atoms with Crippen LogP contribution in [0.2, 0.25) is 0 Å². The summed E-state index contributed by atoms with van der Waals surface area (Å²) in [5.74, 6) is -0.765. The van der Waals surface area contributed by atoms with Crippen LogP contribution in [0.15, 0.2) is 64.1 Å². The summed E-state index contributed by atoms with van der Waals surface area (Å²) < 4.78 is 10.6. The number of aryl methyl sites for hydroxylation is 1. The number of carbonyl (C=O) groups excluding carboxylic acids is 2. The predicted octanol–water partition coefficient (Wildman–Crippen LogP) is 2.60. The molecule has 2 heterocycles.